The number of carbonyl (C=O) groups excluding carboxylic acids is 2. The molecule has 3 heterocycles. The number of nitrogens with zero attached hydrogens (tertiary/aromatic N) is 5. The minimum Gasteiger partial charge on any atom is -0.395 e. The Kier molecular flexibility index (Phi) is 6.99. The topological polar surface area (TPSA) is 135 Å². The van der Waals surface area contributed by atoms with Gasteiger partial charge in [-0.25, -0.2) is 9.97 Å². The summed E-state index contributed by atoms with van der Waals surface area (Å²) in [6.07, 6.45) is 1.64. The zero-order valence-corrected chi connectivity index (χ0v) is 20.3. The molecular formula is C24H25N7O3S. The largest absolute Gasteiger partial charge is 0.395 e. The summed E-state index contributed by atoms with van der Waals surface area (Å²) in [4.78, 5) is 35.4. The molecule has 0 spiro atoms. The van der Waals surface area contributed by atoms with E-state index in [1.54, 1.807) is 36.8 Å². The van der Waals surface area contributed by atoms with E-state index in [1.165, 1.54) is 16.1 Å². The van der Waals surface area contributed by atoms with Gasteiger partial charge < -0.3 is 15.7 Å². The van der Waals surface area contributed by atoms with Crippen LogP contribution in [-0.2, 0) is 17.3 Å². The van der Waals surface area contributed by atoms with Crippen molar-refractivity contribution in [2.45, 2.75) is 19.3 Å². The normalized spacial score (nSPS) is 11.3. The zero-order valence-electron chi connectivity index (χ0n) is 19.5. The molecule has 0 fully saturated rings. The molecular weight excluding hydrogens is 466 g/mol. The number of aromatic nitrogens is 5. The molecule has 0 aliphatic heterocycles. The lowest BCUT2D eigenvalue weighted by Gasteiger charge is -2.22. The van der Waals surface area contributed by atoms with Crippen LogP contribution in [0.15, 0.2) is 54.0 Å². The molecule has 0 radical (unpaired) electrons. The summed E-state index contributed by atoms with van der Waals surface area (Å²) >= 11 is 1.26. The second-order valence-electron chi connectivity index (χ2n) is 8.52. The molecule has 0 saturated heterocycles. The Labute approximate surface area is 206 Å². The van der Waals surface area contributed by atoms with Crippen molar-refractivity contribution in [1.29, 1.82) is 0 Å². The number of nitrogens with one attached hydrogen (secondary N) is 2. The highest BCUT2D eigenvalue weighted by molar-refractivity contribution is 7.14. The number of aliphatic hydroxyl groups is 1. The number of anilines is 1. The predicted molar refractivity (Wildman–Crippen MR) is 133 cm³/mol. The zero-order chi connectivity index (χ0) is 25.0. The molecule has 1 aromatic carbocycles. The van der Waals surface area contributed by atoms with Crippen LogP contribution in [0.1, 0.15) is 29.8 Å². The molecule has 0 aliphatic carbocycles. The Morgan fingerprint density at radius 2 is 1.80 bits per heavy atom. The summed E-state index contributed by atoms with van der Waals surface area (Å²) in [7, 11) is 1.74. The van der Waals surface area contributed by atoms with Crippen LogP contribution in [0, 0.1) is 0 Å². The van der Waals surface area contributed by atoms with Gasteiger partial charge in [0.15, 0.2) is 5.13 Å². The Bertz CT molecular complexity index is 1360. The fourth-order valence-corrected chi connectivity index (χ4v) is 3.95. The highest BCUT2D eigenvalue weighted by Gasteiger charge is 2.20. The highest BCUT2D eigenvalue weighted by atomic mass is 32.1. The van der Waals surface area contributed by atoms with Crippen LogP contribution in [0.25, 0.3) is 22.8 Å². The summed E-state index contributed by atoms with van der Waals surface area (Å²) in [6.45, 7) is 3.53. The maximum atomic E-state index is 12.5. The lowest BCUT2D eigenvalue weighted by Crippen LogP contribution is -2.33. The molecule has 35 heavy (non-hydrogen) atoms. The predicted octanol–water partition coefficient (Wildman–Crippen LogP) is 2.64. The fraction of sp³-hybridized carbons (Fsp3) is 0.250. The van der Waals surface area contributed by atoms with Gasteiger partial charge in [0.1, 0.15) is 11.4 Å². The molecule has 2 amide bonds. The molecule has 3 aromatic heterocycles. The third-order valence-corrected chi connectivity index (χ3v) is 6.09. The number of hydrogen-bond acceptors (Lipinski definition) is 8. The van der Waals surface area contributed by atoms with Crippen LogP contribution in [0.4, 0.5) is 5.13 Å². The van der Waals surface area contributed by atoms with Gasteiger partial charge in [-0.15, -0.1) is 11.3 Å². The highest BCUT2D eigenvalue weighted by Crippen LogP contribution is 2.26. The van der Waals surface area contributed by atoms with Crippen molar-refractivity contribution in [3.63, 3.8) is 0 Å². The molecule has 10 nitrogen and oxygen atoms in total. The van der Waals surface area contributed by atoms with Gasteiger partial charge in [-0.2, -0.15) is 15.0 Å². The molecule has 4 rings (SSSR count). The summed E-state index contributed by atoms with van der Waals surface area (Å²) < 4.78 is 0. The Hall–Kier alpha value is -3.96. The van der Waals surface area contributed by atoms with E-state index in [9.17, 15) is 14.7 Å². The van der Waals surface area contributed by atoms with E-state index in [0.717, 1.165) is 5.56 Å². The minimum atomic E-state index is -0.473. The smallest absolute Gasteiger partial charge is 0.251 e. The lowest BCUT2D eigenvalue weighted by molar-refractivity contribution is -0.115. The third-order valence-electron chi connectivity index (χ3n) is 5.34. The van der Waals surface area contributed by atoms with Gasteiger partial charge in [0.2, 0.25) is 5.91 Å². The first-order valence-corrected chi connectivity index (χ1v) is 11.7. The molecule has 0 aliphatic rings. The fourth-order valence-electron chi connectivity index (χ4n) is 3.23. The summed E-state index contributed by atoms with van der Waals surface area (Å²) in [5.41, 5.74) is 3.36. The first kappa shape index (κ1) is 24.2. The molecule has 0 unspecified atom stereocenters. The number of carbonyl (C=O) groups is 2. The number of thiazole rings is 1. The van der Waals surface area contributed by atoms with Crippen molar-refractivity contribution in [3.8, 4) is 22.8 Å². The average Bonchev–Trinajstić information content (AvgIpc) is 3.52. The number of pyridine rings is 1. The van der Waals surface area contributed by atoms with Gasteiger partial charge in [0.05, 0.1) is 30.7 Å². The van der Waals surface area contributed by atoms with Crippen LogP contribution in [0.5, 0.6) is 0 Å². The maximum Gasteiger partial charge on any atom is 0.251 e. The van der Waals surface area contributed by atoms with Gasteiger partial charge in [0, 0.05) is 23.4 Å². The number of rotatable bonds is 8. The van der Waals surface area contributed by atoms with E-state index in [4.69, 9.17) is 0 Å². The van der Waals surface area contributed by atoms with Crippen molar-refractivity contribution < 1.29 is 14.7 Å². The van der Waals surface area contributed by atoms with Crippen LogP contribution in [0.3, 0.4) is 0 Å². The maximum absolute atomic E-state index is 12.5. The van der Waals surface area contributed by atoms with E-state index < -0.39 is 11.3 Å². The van der Waals surface area contributed by atoms with Crippen LogP contribution in [-0.4, -0.2) is 55.0 Å². The number of aryl methyl sites for hydroxylation is 1. The summed E-state index contributed by atoms with van der Waals surface area (Å²) in [6, 6.07) is 12.5. The second kappa shape index (κ2) is 10.1. The average molecular weight is 492 g/mol. The van der Waals surface area contributed by atoms with E-state index in [1.807, 2.05) is 38.1 Å². The van der Waals surface area contributed by atoms with Crippen LogP contribution < -0.4 is 10.6 Å². The van der Waals surface area contributed by atoms with Gasteiger partial charge in [-0.1, -0.05) is 32.0 Å². The van der Waals surface area contributed by atoms with E-state index in [2.05, 4.69) is 30.8 Å². The van der Waals surface area contributed by atoms with Crippen molar-refractivity contribution in [1.82, 2.24) is 30.3 Å². The van der Waals surface area contributed by atoms with Gasteiger partial charge >= 0.3 is 0 Å². The third kappa shape index (κ3) is 5.76. The summed E-state index contributed by atoms with van der Waals surface area (Å²) in [5, 5.41) is 25.4. The number of benzene rings is 1. The van der Waals surface area contributed by atoms with Crippen LogP contribution >= 0.6 is 11.3 Å². The molecule has 11 heteroatoms. The van der Waals surface area contributed by atoms with Crippen molar-refractivity contribution in [2.75, 3.05) is 18.5 Å². The van der Waals surface area contributed by atoms with E-state index >= 15 is 0 Å². The quantitative estimate of drug-likeness (QED) is 0.345. The first-order valence-electron chi connectivity index (χ1n) is 10.8. The number of amides is 2. The Morgan fingerprint density at radius 1 is 1.06 bits per heavy atom. The van der Waals surface area contributed by atoms with Crippen molar-refractivity contribution in [3.05, 3.63) is 65.2 Å². The number of aliphatic hydroxyl groups excluding tert-OH is 1. The molecule has 0 saturated carbocycles. The monoisotopic (exact) mass is 491 g/mol. The lowest BCUT2D eigenvalue weighted by atomic mass is 9.85. The van der Waals surface area contributed by atoms with E-state index in [0.29, 0.717) is 33.5 Å². The first-order chi connectivity index (χ1) is 16.7. The standard InChI is InChI=1S/C24H25N7O3S/c1-24(2,14-32)16-7-4-6-15(10-16)22(34)25-12-21(33)29-23-28-20(13-35-23)18-9-5-8-17(27-18)19-11-26-31(3)30-19/h4-11,13,32H,12,14H2,1-3H3,(H,25,34)(H,28,29,33). The molecule has 0 bridgehead atoms. The molecule has 4 aromatic rings. The molecule has 0 atom stereocenters. The Balaban J connectivity index is 1.36. The van der Waals surface area contributed by atoms with Crippen LogP contribution in [0.2, 0.25) is 0 Å². The van der Waals surface area contributed by atoms with Crippen molar-refractivity contribution >= 4 is 28.3 Å². The number of hydrogen-bond donors (Lipinski definition) is 3. The van der Waals surface area contributed by atoms with Gasteiger partial charge in [-0.3, -0.25) is 9.59 Å². The molecule has 180 valence electrons. The molecule has 3 N–H and O–H groups in total. The SMILES string of the molecule is Cn1ncc(-c2cccc(-c3csc(NC(=O)CNC(=O)c4cccc(C(C)(C)CO)c4)n3)n2)n1. The van der Waals surface area contributed by atoms with E-state index in [-0.39, 0.29) is 19.1 Å². The second-order valence-corrected chi connectivity index (χ2v) is 9.38. The van der Waals surface area contributed by atoms with Crippen molar-refractivity contribution in [2.24, 2.45) is 7.05 Å². The minimum absolute atomic E-state index is 0.0452. The summed E-state index contributed by atoms with van der Waals surface area (Å²) in [5.74, 6) is -0.770. The van der Waals surface area contributed by atoms with Gasteiger partial charge in [-0.05, 0) is 29.8 Å². The Morgan fingerprint density at radius 3 is 2.51 bits per heavy atom. The van der Waals surface area contributed by atoms with Gasteiger partial charge in [0.25, 0.3) is 5.91 Å².